The third-order valence-electron chi connectivity index (χ3n) is 4.55. The van der Waals surface area contributed by atoms with Crippen LogP contribution in [0, 0.1) is 5.92 Å². The molecule has 1 saturated carbocycles. The molecule has 0 spiro atoms. The van der Waals surface area contributed by atoms with E-state index >= 15 is 0 Å². The molecule has 0 bridgehead atoms. The minimum atomic E-state index is -3.55. The van der Waals surface area contributed by atoms with Crippen LogP contribution in [0.1, 0.15) is 42.7 Å². The van der Waals surface area contributed by atoms with E-state index in [0.717, 1.165) is 25.2 Å². The van der Waals surface area contributed by atoms with Gasteiger partial charge in [-0.1, -0.05) is 25.3 Å². The number of amides is 1. The van der Waals surface area contributed by atoms with Crippen molar-refractivity contribution in [3.63, 3.8) is 0 Å². The van der Waals surface area contributed by atoms with Crippen molar-refractivity contribution >= 4 is 32.6 Å². The lowest BCUT2D eigenvalue weighted by atomic mass is 9.89. The van der Waals surface area contributed by atoms with Gasteiger partial charge in [-0.05, 0) is 30.9 Å². The number of anilines is 1. The molecule has 0 saturated heterocycles. The number of para-hydroxylation sites is 1. The number of benzene rings is 1. The standard InChI is InChI=1S/C18H22N2O5S/c1-26(23,24)20-14-9-5-8-13-15(21)10-16(25-17(13)14)18(22)19-11-12-6-3-2-4-7-12/h5,8-10,12,20H,2-4,6-7,11H2,1H3,(H,19,22). The van der Waals surface area contributed by atoms with Gasteiger partial charge in [0.05, 0.1) is 17.3 Å². The van der Waals surface area contributed by atoms with E-state index in [2.05, 4.69) is 10.0 Å². The zero-order valence-corrected chi connectivity index (χ0v) is 15.4. The number of carbonyl (C=O) groups is 1. The highest BCUT2D eigenvalue weighted by molar-refractivity contribution is 7.92. The number of carbonyl (C=O) groups excluding carboxylic acids is 1. The van der Waals surface area contributed by atoms with Gasteiger partial charge < -0.3 is 9.73 Å². The second kappa shape index (κ2) is 7.49. The third-order valence-corrected chi connectivity index (χ3v) is 5.14. The number of nitrogens with one attached hydrogen (secondary N) is 2. The van der Waals surface area contributed by atoms with E-state index in [1.54, 1.807) is 6.07 Å². The smallest absolute Gasteiger partial charge is 0.287 e. The highest BCUT2D eigenvalue weighted by Crippen LogP contribution is 2.24. The van der Waals surface area contributed by atoms with Gasteiger partial charge in [0.2, 0.25) is 10.0 Å². The molecule has 0 unspecified atom stereocenters. The van der Waals surface area contributed by atoms with Crippen LogP contribution in [0.4, 0.5) is 5.69 Å². The number of sulfonamides is 1. The molecule has 1 fully saturated rings. The summed E-state index contributed by atoms with van der Waals surface area (Å²) in [6.07, 6.45) is 6.76. The average Bonchev–Trinajstić information content (AvgIpc) is 2.60. The SMILES string of the molecule is CS(=O)(=O)Nc1cccc2c(=O)cc(C(=O)NCC3CCCCC3)oc12. The lowest BCUT2D eigenvalue weighted by Gasteiger charge is -2.21. The lowest BCUT2D eigenvalue weighted by molar-refractivity contribution is 0.0916. The third kappa shape index (κ3) is 4.43. The Morgan fingerprint density at radius 1 is 1.23 bits per heavy atom. The number of hydrogen-bond donors (Lipinski definition) is 2. The summed E-state index contributed by atoms with van der Waals surface area (Å²) in [6, 6.07) is 5.70. The van der Waals surface area contributed by atoms with E-state index in [1.807, 2.05) is 0 Å². The van der Waals surface area contributed by atoms with E-state index < -0.39 is 21.4 Å². The molecule has 2 aromatic rings. The van der Waals surface area contributed by atoms with Crippen LogP contribution in [0.2, 0.25) is 0 Å². The number of fused-ring (bicyclic) bond motifs is 1. The Labute approximate surface area is 151 Å². The van der Waals surface area contributed by atoms with E-state index in [4.69, 9.17) is 4.42 Å². The van der Waals surface area contributed by atoms with Crippen molar-refractivity contribution < 1.29 is 17.6 Å². The zero-order chi connectivity index (χ0) is 18.7. The number of hydrogen-bond acceptors (Lipinski definition) is 5. The zero-order valence-electron chi connectivity index (χ0n) is 14.6. The number of rotatable bonds is 5. The van der Waals surface area contributed by atoms with Crippen LogP contribution < -0.4 is 15.5 Å². The molecular weight excluding hydrogens is 356 g/mol. The molecule has 3 rings (SSSR count). The van der Waals surface area contributed by atoms with Gasteiger partial charge in [-0.2, -0.15) is 0 Å². The maximum atomic E-state index is 12.4. The summed E-state index contributed by atoms with van der Waals surface area (Å²) in [7, 11) is -3.55. The molecule has 0 aliphatic heterocycles. The average molecular weight is 378 g/mol. The minimum Gasteiger partial charge on any atom is -0.448 e. The summed E-state index contributed by atoms with van der Waals surface area (Å²) in [5, 5.41) is 3.03. The summed E-state index contributed by atoms with van der Waals surface area (Å²) < 4.78 is 30.9. The molecule has 1 amide bonds. The molecule has 1 heterocycles. The minimum absolute atomic E-state index is 0.0493. The van der Waals surface area contributed by atoms with E-state index in [-0.39, 0.29) is 22.4 Å². The Bertz CT molecular complexity index is 975. The molecule has 7 nitrogen and oxygen atoms in total. The van der Waals surface area contributed by atoms with Crippen molar-refractivity contribution in [1.29, 1.82) is 0 Å². The largest absolute Gasteiger partial charge is 0.448 e. The molecular formula is C18H22N2O5S. The second-order valence-corrected chi connectivity index (χ2v) is 8.49. The fraction of sp³-hybridized carbons (Fsp3) is 0.444. The summed E-state index contributed by atoms with van der Waals surface area (Å²) in [5.74, 6) is -0.146. The van der Waals surface area contributed by atoms with Crippen molar-refractivity contribution in [2.24, 2.45) is 5.92 Å². The molecule has 1 aromatic heterocycles. The van der Waals surface area contributed by atoms with Crippen molar-refractivity contribution in [2.75, 3.05) is 17.5 Å². The Balaban J connectivity index is 1.87. The first kappa shape index (κ1) is 18.4. The second-order valence-electron chi connectivity index (χ2n) is 6.75. The molecule has 1 aromatic carbocycles. The molecule has 26 heavy (non-hydrogen) atoms. The Hall–Kier alpha value is -2.35. The van der Waals surface area contributed by atoms with Crippen molar-refractivity contribution in [3.05, 3.63) is 40.2 Å². The molecule has 0 atom stereocenters. The molecule has 1 aliphatic rings. The first-order valence-corrected chi connectivity index (χ1v) is 10.6. The molecule has 8 heteroatoms. The van der Waals surface area contributed by atoms with Crippen LogP contribution in [0.25, 0.3) is 11.0 Å². The normalized spacial score (nSPS) is 15.7. The van der Waals surface area contributed by atoms with Gasteiger partial charge >= 0.3 is 0 Å². The van der Waals surface area contributed by atoms with Crippen molar-refractivity contribution in [2.45, 2.75) is 32.1 Å². The first-order valence-electron chi connectivity index (χ1n) is 8.66. The monoisotopic (exact) mass is 378 g/mol. The van der Waals surface area contributed by atoms with E-state index in [1.165, 1.54) is 31.4 Å². The molecule has 2 N–H and O–H groups in total. The maximum Gasteiger partial charge on any atom is 0.287 e. The quantitative estimate of drug-likeness (QED) is 0.831. The summed E-state index contributed by atoms with van der Waals surface area (Å²) >= 11 is 0. The highest BCUT2D eigenvalue weighted by atomic mass is 32.2. The molecule has 140 valence electrons. The summed E-state index contributed by atoms with van der Waals surface area (Å²) in [4.78, 5) is 24.7. The van der Waals surface area contributed by atoms with E-state index in [9.17, 15) is 18.0 Å². The van der Waals surface area contributed by atoms with Crippen LogP contribution in [-0.4, -0.2) is 27.1 Å². The predicted octanol–water partition coefficient (Wildman–Crippen LogP) is 2.47. The fourth-order valence-electron chi connectivity index (χ4n) is 3.28. The molecule has 0 radical (unpaired) electrons. The highest BCUT2D eigenvalue weighted by Gasteiger charge is 2.18. The van der Waals surface area contributed by atoms with Crippen LogP contribution in [-0.2, 0) is 10.0 Å². The Morgan fingerprint density at radius 2 is 1.96 bits per heavy atom. The van der Waals surface area contributed by atoms with Gasteiger partial charge in [-0.25, -0.2) is 8.42 Å². The van der Waals surface area contributed by atoms with Crippen LogP contribution in [0.5, 0.6) is 0 Å². The predicted molar refractivity (Wildman–Crippen MR) is 99.9 cm³/mol. The van der Waals surface area contributed by atoms with Gasteiger partial charge in [0.25, 0.3) is 5.91 Å². The van der Waals surface area contributed by atoms with Crippen molar-refractivity contribution in [3.8, 4) is 0 Å². The van der Waals surface area contributed by atoms with Crippen LogP contribution >= 0.6 is 0 Å². The van der Waals surface area contributed by atoms with Crippen LogP contribution in [0.15, 0.2) is 33.5 Å². The fourth-order valence-corrected chi connectivity index (χ4v) is 3.84. The topological polar surface area (TPSA) is 105 Å². The van der Waals surface area contributed by atoms with E-state index in [0.29, 0.717) is 12.5 Å². The Kier molecular flexibility index (Phi) is 5.31. The van der Waals surface area contributed by atoms with Gasteiger partial charge in [0, 0.05) is 12.6 Å². The van der Waals surface area contributed by atoms with Crippen LogP contribution in [0.3, 0.4) is 0 Å². The van der Waals surface area contributed by atoms with Crippen molar-refractivity contribution in [1.82, 2.24) is 5.32 Å². The molecule has 1 aliphatic carbocycles. The van der Waals surface area contributed by atoms with Gasteiger partial charge in [-0.3, -0.25) is 14.3 Å². The lowest BCUT2D eigenvalue weighted by Crippen LogP contribution is -2.30. The van der Waals surface area contributed by atoms with Gasteiger partial charge in [-0.15, -0.1) is 0 Å². The van der Waals surface area contributed by atoms with Gasteiger partial charge in [0.15, 0.2) is 16.8 Å². The first-order chi connectivity index (χ1) is 12.3. The summed E-state index contributed by atoms with van der Waals surface area (Å²) in [5.41, 5.74) is -0.219. The summed E-state index contributed by atoms with van der Waals surface area (Å²) in [6.45, 7) is 0.545. The maximum absolute atomic E-state index is 12.4. The van der Waals surface area contributed by atoms with Gasteiger partial charge in [0.1, 0.15) is 0 Å². The Morgan fingerprint density at radius 3 is 2.65 bits per heavy atom.